The number of fused-ring (bicyclic) bond motifs is 1. The molecular formula is C10H14O2. The summed E-state index contributed by atoms with van der Waals surface area (Å²) in [6, 6.07) is 0. The molecule has 1 aliphatic heterocycles. The third kappa shape index (κ3) is 0.977. The molecule has 12 heavy (non-hydrogen) atoms. The fourth-order valence-corrected chi connectivity index (χ4v) is 2.45. The number of rotatable bonds is 1. The quantitative estimate of drug-likeness (QED) is 0.440. The second-order valence-electron chi connectivity index (χ2n) is 3.70. The van der Waals surface area contributed by atoms with E-state index in [-0.39, 0.29) is 12.1 Å². The summed E-state index contributed by atoms with van der Waals surface area (Å²) in [6.07, 6.45) is 2.85. The van der Waals surface area contributed by atoms with E-state index >= 15 is 0 Å². The van der Waals surface area contributed by atoms with Crippen LogP contribution in [0.3, 0.4) is 0 Å². The van der Waals surface area contributed by atoms with E-state index in [0.29, 0.717) is 12.3 Å². The normalized spacial score (nSPS) is 34.0. The molecule has 0 radical (unpaired) electrons. The Morgan fingerprint density at radius 2 is 2.25 bits per heavy atom. The Hall–Kier alpha value is -0.790. The topological polar surface area (TPSA) is 26.3 Å². The Balaban J connectivity index is 2.22. The SMILES string of the molecule is CCC1=C(C)C[C@H]2OC(=O)C[C@@H]12. The first-order valence-corrected chi connectivity index (χ1v) is 4.60. The third-order valence-corrected chi connectivity index (χ3v) is 3.00. The minimum Gasteiger partial charge on any atom is -0.461 e. The van der Waals surface area contributed by atoms with Crippen LogP contribution in [0.25, 0.3) is 0 Å². The van der Waals surface area contributed by atoms with E-state index in [2.05, 4.69) is 13.8 Å². The Labute approximate surface area is 72.6 Å². The van der Waals surface area contributed by atoms with Crippen LogP contribution in [-0.4, -0.2) is 12.1 Å². The van der Waals surface area contributed by atoms with E-state index in [0.717, 1.165) is 12.8 Å². The zero-order valence-corrected chi connectivity index (χ0v) is 7.59. The van der Waals surface area contributed by atoms with Crippen molar-refractivity contribution < 1.29 is 9.53 Å². The van der Waals surface area contributed by atoms with Crippen LogP contribution in [0.4, 0.5) is 0 Å². The van der Waals surface area contributed by atoms with Crippen LogP contribution < -0.4 is 0 Å². The van der Waals surface area contributed by atoms with Gasteiger partial charge < -0.3 is 4.74 Å². The van der Waals surface area contributed by atoms with E-state index in [4.69, 9.17) is 4.74 Å². The highest BCUT2D eigenvalue weighted by atomic mass is 16.5. The minimum atomic E-state index is -0.0107. The first kappa shape index (κ1) is 7.84. The van der Waals surface area contributed by atoms with E-state index < -0.39 is 0 Å². The van der Waals surface area contributed by atoms with Gasteiger partial charge in [0.1, 0.15) is 6.10 Å². The summed E-state index contributed by atoms with van der Waals surface area (Å²) in [7, 11) is 0. The van der Waals surface area contributed by atoms with E-state index in [9.17, 15) is 4.79 Å². The molecule has 2 aliphatic rings. The summed E-state index contributed by atoms with van der Waals surface area (Å²) >= 11 is 0. The van der Waals surface area contributed by atoms with Crippen LogP contribution in [0.5, 0.6) is 0 Å². The Morgan fingerprint density at radius 3 is 2.92 bits per heavy atom. The highest BCUT2D eigenvalue weighted by Gasteiger charge is 2.41. The third-order valence-electron chi connectivity index (χ3n) is 3.00. The Bertz CT molecular complexity index is 253. The van der Waals surface area contributed by atoms with Crippen molar-refractivity contribution >= 4 is 5.97 Å². The molecule has 0 aromatic rings. The number of carbonyl (C=O) groups is 1. The van der Waals surface area contributed by atoms with Gasteiger partial charge in [-0.1, -0.05) is 18.1 Å². The number of esters is 1. The van der Waals surface area contributed by atoms with Gasteiger partial charge in [-0.15, -0.1) is 0 Å². The molecule has 0 aromatic heterocycles. The monoisotopic (exact) mass is 166 g/mol. The molecule has 0 bridgehead atoms. The molecule has 1 saturated heterocycles. The van der Waals surface area contributed by atoms with Gasteiger partial charge in [0, 0.05) is 12.3 Å². The average Bonchev–Trinajstić information content (AvgIpc) is 2.43. The van der Waals surface area contributed by atoms with Crippen LogP contribution in [0, 0.1) is 5.92 Å². The second-order valence-corrected chi connectivity index (χ2v) is 3.70. The lowest BCUT2D eigenvalue weighted by atomic mass is 9.96. The molecule has 0 aromatic carbocycles. The van der Waals surface area contributed by atoms with Crippen LogP contribution in [0.2, 0.25) is 0 Å². The van der Waals surface area contributed by atoms with Gasteiger partial charge in [-0.05, 0) is 13.3 Å². The fraction of sp³-hybridized carbons (Fsp3) is 0.700. The van der Waals surface area contributed by atoms with Gasteiger partial charge in [-0.2, -0.15) is 0 Å². The van der Waals surface area contributed by atoms with Crippen LogP contribution >= 0.6 is 0 Å². The first-order chi connectivity index (χ1) is 5.72. The Morgan fingerprint density at radius 1 is 1.50 bits per heavy atom. The van der Waals surface area contributed by atoms with Gasteiger partial charge in [-0.3, -0.25) is 4.79 Å². The summed E-state index contributed by atoms with van der Waals surface area (Å²) in [6.45, 7) is 4.31. The molecule has 2 heteroatoms. The van der Waals surface area contributed by atoms with E-state index in [1.165, 1.54) is 11.1 Å². The summed E-state index contributed by atoms with van der Waals surface area (Å²) < 4.78 is 5.21. The fourth-order valence-electron chi connectivity index (χ4n) is 2.45. The molecule has 2 atom stereocenters. The van der Waals surface area contributed by atoms with E-state index in [1.807, 2.05) is 0 Å². The molecule has 1 heterocycles. The van der Waals surface area contributed by atoms with Gasteiger partial charge in [0.25, 0.3) is 0 Å². The predicted octanol–water partition coefficient (Wildman–Crippen LogP) is 2.05. The first-order valence-electron chi connectivity index (χ1n) is 4.60. The summed E-state index contributed by atoms with van der Waals surface area (Å²) in [5, 5.41) is 0. The highest BCUT2D eigenvalue weighted by Crippen LogP contribution is 2.41. The second kappa shape index (κ2) is 2.61. The van der Waals surface area contributed by atoms with Crippen molar-refractivity contribution in [1.29, 1.82) is 0 Å². The molecule has 0 spiro atoms. The van der Waals surface area contributed by atoms with E-state index in [1.54, 1.807) is 0 Å². The maximum atomic E-state index is 11.0. The maximum Gasteiger partial charge on any atom is 0.306 e. The molecular weight excluding hydrogens is 152 g/mol. The van der Waals surface area contributed by atoms with Gasteiger partial charge in [-0.25, -0.2) is 0 Å². The molecule has 0 unspecified atom stereocenters. The van der Waals surface area contributed by atoms with Crippen molar-refractivity contribution in [2.75, 3.05) is 0 Å². The van der Waals surface area contributed by atoms with Gasteiger partial charge in [0.15, 0.2) is 0 Å². The number of hydrogen-bond donors (Lipinski definition) is 0. The standard InChI is InChI=1S/C10H14O2/c1-3-7-6(2)4-9-8(7)5-10(11)12-9/h8-9H,3-5H2,1-2H3/t8-,9+/m0/s1. The van der Waals surface area contributed by atoms with Crippen molar-refractivity contribution in [2.24, 2.45) is 5.92 Å². The lowest BCUT2D eigenvalue weighted by Crippen LogP contribution is -2.10. The summed E-state index contributed by atoms with van der Waals surface area (Å²) in [5.74, 6) is 0.408. The zero-order chi connectivity index (χ0) is 8.72. The van der Waals surface area contributed by atoms with Gasteiger partial charge >= 0.3 is 5.97 Å². The van der Waals surface area contributed by atoms with Crippen LogP contribution in [0.15, 0.2) is 11.1 Å². The van der Waals surface area contributed by atoms with Crippen molar-refractivity contribution in [1.82, 2.24) is 0 Å². The summed E-state index contributed by atoms with van der Waals surface area (Å²) in [5.41, 5.74) is 2.91. The molecule has 2 nitrogen and oxygen atoms in total. The lowest BCUT2D eigenvalue weighted by Gasteiger charge is -2.08. The maximum absolute atomic E-state index is 11.0. The lowest BCUT2D eigenvalue weighted by molar-refractivity contribution is -0.141. The number of ether oxygens (including phenoxy) is 1. The number of carbonyl (C=O) groups excluding carboxylic acids is 1. The van der Waals surface area contributed by atoms with Gasteiger partial charge in [0.05, 0.1) is 6.42 Å². The minimum absolute atomic E-state index is 0.0107. The molecule has 2 rings (SSSR count). The molecule has 0 amide bonds. The van der Waals surface area contributed by atoms with Crippen LogP contribution in [0.1, 0.15) is 33.1 Å². The summed E-state index contributed by atoms with van der Waals surface area (Å²) in [4.78, 5) is 11.0. The highest BCUT2D eigenvalue weighted by molar-refractivity contribution is 5.73. The average molecular weight is 166 g/mol. The van der Waals surface area contributed by atoms with Crippen LogP contribution in [-0.2, 0) is 9.53 Å². The van der Waals surface area contributed by atoms with Crippen molar-refractivity contribution in [3.8, 4) is 0 Å². The molecule has 66 valence electrons. The molecule has 0 saturated carbocycles. The smallest absolute Gasteiger partial charge is 0.306 e. The van der Waals surface area contributed by atoms with Crippen molar-refractivity contribution in [3.63, 3.8) is 0 Å². The predicted molar refractivity (Wildman–Crippen MR) is 45.6 cm³/mol. The molecule has 1 fully saturated rings. The van der Waals surface area contributed by atoms with Crippen molar-refractivity contribution in [3.05, 3.63) is 11.1 Å². The zero-order valence-electron chi connectivity index (χ0n) is 7.59. The number of hydrogen-bond acceptors (Lipinski definition) is 2. The molecule has 0 N–H and O–H groups in total. The largest absolute Gasteiger partial charge is 0.461 e. The molecule has 1 aliphatic carbocycles. The Kier molecular flexibility index (Phi) is 1.71. The van der Waals surface area contributed by atoms with Crippen molar-refractivity contribution in [2.45, 2.75) is 39.2 Å². The van der Waals surface area contributed by atoms with Gasteiger partial charge in [0.2, 0.25) is 0 Å².